The van der Waals surface area contributed by atoms with Crippen molar-refractivity contribution in [2.24, 2.45) is 39.9 Å². The summed E-state index contributed by atoms with van der Waals surface area (Å²) in [4.78, 5) is 135. The van der Waals surface area contributed by atoms with E-state index in [2.05, 4.69) is 46.9 Å². The molecule has 2 saturated heterocycles. The van der Waals surface area contributed by atoms with Gasteiger partial charge in [0.1, 0.15) is 47.5 Å². The van der Waals surface area contributed by atoms with Crippen molar-refractivity contribution in [3.05, 3.63) is 83.9 Å². The molecule has 0 spiro atoms. The molecule has 3 aliphatic rings. The van der Waals surface area contributed by atoms with Gasteiger partial charge in [0, 0.05) is 44.2 Å². The molecule has 1 saturated carbocycles. The second-order valence-corrected chi connectivity index (χ2v) is 19.9. The molecule has 6 rings (SSSR count). The van der Waals surface area contributed by atoms with Crippen molar-refractivity contribution in [1.29, 1.82) is 0 Å². The first kappa shape index (κ1) is 58.8. The number of aromatic hydroxyl groups is 1. The standard InChI is InChI=1S/C51H71N13O12/c1-5-28(4)41(46(72)60-37(20-32-24-55-26-57-32)47(73)64-25-31-22-51(64,23-31)49(76)61-38(48(74)75)19-29-10-7-6-8-11-29)63-44(70)36(18-30-13-15-33(65)16-14-30)59-45(71)40(27(2)3)62-43(69)35(12-9-17-56-50(53)54)58-42(68)34(52)21-39(66)67/h6-8,10-11,13-16,24,26-28,31,34-38,40-41,65H,5,9,12,17-23,25,52H2,1-4H3,(H,55,57)(H,58,68)(H,59,71)(H,60,72)(H,61,76)(H,62,69)(H,63,70)(H,66,67)(H,74,75)(H4,53,54,56)/t28?,31?,34-,35-,36-,37-,38-,40-,41-,51?/m0/s1. The molecule has 3 fully saturated rings. The zero-order valence-electron chi connectivity index (χ0n) is 43.0. The van der Waals surface area contributed by atoms with Crippen molar-refractivity contribution in [2.45, 2.75) is 133 Å². The van der Waals surface area contributed by atoms with Gasteiger partial charge in [-0.15, -0.1) is 0 Å². The molecule has 1 aliphatic carbocycles. The molecular weight excluding hydrogens is 987 g/mol. The van der Waals surface area contributed by atoms with Gasteiger partial charge in [-0.3, -0.25) is 43.3 Å². The number of imidazole rings is 1. The molecule has 2 bridgehead atoms. The number of phenols is 1. The molecule has 16 N–H and O–H groups in total. The van der Waals surface area contributed by atoms with Crippen LogP contribution in [0.3, 0.4) is 0 Å². The van der Waals surface area contributed by atoms with Gasteiger partial charge in [-0.05, 0) is 66.7 Å². The Morgan fingerprint density at radius 1 is 0.750 bits per heavy atom. The number of guanidine groups is 1. The van der Waals surface area contributed by atoms with Gasteiger partial charge in [-0.2, -0.15) is 0 Å². The van der Waals surface area contributed by atoms with Crippen LogP contribution in [0.1, 0.15) is 83.0 Å². The maximum Gasteiger partial charge on any atom is 0.326 e. The first-order valence-corrected chi connectivity index (χ1v) is 25.2. The summed E-state index contributed by atoms with van der Waals surface area (Å²) in [6.07, 6.45) is 2.90. The highest BCUT2D eigenvalue weighted by molar-refractivity contribution is 6.00. The Morgan fingerprint density at radius 3 is 1.93 bits per heavy atom. The third kappa shape index (κ3) is 16.0. The van der Waals surface area contributed by atoms with Gasteiger partial charge in [0.2, 0.25) is 41.4 Å². The average Bonchev–Trinajstić information content (AvgIpc) is 4.17. The van der Waals surface area contributed by atoms with Gasteiger partial charge in [0.15, 0.2) is 5.96 Å². The molecule has 1 aromatic heterocycles. The lowest BCUT2D eigenvalue weighted by molar-refractivity contribution is -0.150. The van der Waals surface area contributed by atoms with Crippen LogP contribution in [0.2, 0.25) is 0 Å². The van der Waals surface area contributed by atoms with Crippen LogP contribution in [0.4, 0.5) is 0 Å². The molecule has 3 aromatic rings. The Hall–Kier alpha value is -8.09. The number of H-pyrrole nitrogens is 1. The topological polar surface area (TPSA) is 409 Å². The summed E-state index contributed by atoms with van der Waals surface area (Å²) in [6.45, 7) is 6.98. The van der Waals surface area contributed by atoms with E-state index in [1.165, 1.54) is 41.7 Å². The summed E-state index contributed by atoms with van der Waals surface area (Å²) >= 11 is 0. The van der Waals surface area contributed by atoms with E-state index >= 15 is 0 Å². The lowest BCUT2D eigenvalue weighted by atomic mass is 9.72. The summed E-state index contributed by atoms with van der Waals surface area (Å²) in [7, 11) is 0. The number of aromatic amines is 1. The van der Waals surface area contributed by atoms with Crippen LogP contribution < -0.4 is 49.1 Å². The number of amides is 7. The van der Waals surface area contributed by atoms with Crippen molar-refractivity contribution in [3.8, 4) is 5.75 Å². The number of fused-ring (bicyclic) bond motifs is 1. The van der Waals surface area contributed by atoms with Crippen LogP contribution in [0.15, 0.2) is 72.1 Å². The highest BCUT2D eigenvalue weighted by Crippen LogP contribution is 2.51. The monoisotopic (exact) mass is 1060 g/mol. The molecule has 2 aromatic carbocycles. The Morgan fingerprint density at radius 2 is 1.34 bits per heavy atom. The maximum atomic E-state index is 14.8. The molecule has 25 nitrogen and oxygen atoms in total. The largest absolute Gasteiger partial charge is 0.508 e. The Labute approximate surface area is 439 Å². The fourth-order valence-electron chi connectivity index (χ4n) is 9.31. The first-order chi connectivity index (χ1) is 36.0. The molecule has 25 heteroatoms. The van der Waals surface area contributed by atoms with Crippen molar-refractivity contribution in [3.63, 3.8) is 0 Å². The first-order valence-electron chi connectivity index (χ1n) is 25.2. The summed E-state index contributed by atoms with van der Waals surface area (Å²) in [5.74, 6) is -9.58. The normalized spacial score (nSPS) is 18.7. The summed E-state index contributed by atoms with van der Waals surface area (Å²) < 4.78 is 0. The molecule has 0 radical (unpaired) electrons. The number of aliphatic carboxylic acids is 2. The van der Waals surface area contributed by atoms with Gasteiger partial charge in [-0.1, -0.05) is 76.6 Å². The van der Waals surface area contributed by atoms with E-state index in [4.69, 9.17) is 17.2 Å². The molecule has 3 heterocycles. The van der Waals surface area contributed by atoms with Crippen LogP contribution in [0, 0.1) is 17.8 Å². The van der Waals surface area contributed by atoms with E-state index in [-0.39, 0.29) is 75.7 Å². The number of carbonyl (C=O) groups is 9. The maximum absolute atomic E-state index is 14.8. The number of nitrogens with two attached hydrogens (primary N) is 3. The minimum atomic E-state index is -1.51. The van der Waals surface area contributed by atoms with Gasteiger partial charge in [-0.25, -0.2) is 9.78 Å². The van der Waals surface area contributed by atoms with Gasteiger partial charge < -0.3 is 74.3 Å². The summed E-state index contributed by atoms with van der Waals surface area (Å²) in [5.41, 5.74) is 16.9. The number of hydrogen-bond acceptors (Lipinski definition) is 13. The van der Waals surface area contributed by atoms with E-state index in [0.29, 0.717) is 23.2 Å². The number of aromatic nitrogens is 2. The number of aliphatic imine (C=N–C) groups is 1. The number of carboxylic acid groups (broad SMARTS) is 2. The van der Waals surface area contributed by atoms with E-state index in [0.717, 1.165) is 0 Å². The van der Waals surface area contributed by atoms with Crippen molar-refractivity contribution < 1.29 is 58.5 Å². The van der Waals surface area contributed by atoms with Crippen LogP contribution in [0.5, 0.6) is 5.75 Å². The fourth-order valence-corrected chi connectivity index (χ4v) is 9.31. The van der Waals surface area contributed by atoms with E-state index < -0.39 is 119 Å². The third-order valence-electron chi connectivity index (χ3n) is 13.7. The molecular formula is C51H71N13O12. The van der Waals surface area contributed by atoms with Crippen LogP contribution in [0.25, 0.3) is 0 Å². The number of hydrogen-bond donors (Lipinski definition) is 13. The fraction of sp³-hybridized carbons (Fsp3) is 0.510. The second kappa shape index (κ2) is 26.9. The van der Waals surface area contributed by atoms with E-state index in [9.17, 15) is 58.5 Å². The molecule has 1 unspecified atom stereocenters. The van der Waals surface area contributed by atoms with Crippen molar-refractivity contribution in [1.82, 2.24) is 46.8 Å². The van der Waals surface area contributed by atoms with Gasteiger partial charge >= 0.3 is 11.9 Å². The number of benzene rings is 2. The van der Waals surface area contributed by atoms with Crippen molar-refractivity contribution in [2.75, 3.05) is 13.1 Å². The second-order valence-electron chi connectivity index (χ2n) is 19.9. The van der Waals surface area contributed by atoms with Crippen LogP contribution >= 0.6 is 0 Å². The predicted octanol–water partition coefficient (Wildman–Crippen LogP) is -1.31. The summed E-state index contributed by atoms with van der Waals surface area (Å²) in [5, 5.41) is 45.4. The molecule has 76 heavy (non-hydrogen) atoms. The quantitative estimate of drug-likeness (QED) is 0.0218. The Kier molecular flexibility index (Phi) is 20.8. The SMILES string of the molecule is CCC(C)[C@H](NC(=O)[C@H](Cc1ccc(O)cc1)NC(=O)[C@@H](NC(=O)[C@H](CCCN=C(N)N)NC(=O)[C@@H](N)CC(=O)O)C(C)C)C(=O)N[C@@H](Cc1cnc[nH]1)C(=O)N1CC2CC1(C(=O)N[C@@H](Cc1ccccc1)C(=O)O)C2. The van der Waals surface area contributed by atoms with Crippen LogP contribution in [-0.4, -0.2) is 150 Å². The molecule has 2 aliphatic heterocycles. The predicted molar refractivity (Wildman–Crippen MR) is 275 cm³/mol. The molecule has 7 amide bonds. The van der Waals surface area contributed by atoms with Crippen molar-refractivity contribution >= 4 is 59.2 Å². The van der Waals surface area contributed by atoms with Gasteiger partial charge in [0.05, 0.1) is 18.8 Å². The highest BCUT2D eigenvalue weighted by atomic mass is 16.4. The lowest BCUT2D eigenvalue weighted by Crippen LogP contribution is -2.65. The average molecular weight is 1060 g/mol. The number of nitrogens with one attached hydrogen (secondary N) is 7. The van der Waals surface area contributed by atoms with Crippen LogP contribution in [-0.2, 0) is 62.4 Å². The number of rotatable bonds is 29. The minimum absolute atomic E-state index is 0.00463. The molecule has 8 atom stereocenters. The smallest absolute Gasteiger partial charge is 0.326 e. The number of phenolic OH excluding ortho intramolecular Hbond substituents is 1. The Bertz CT molecular complexity index is 2550. The van der Waals surface area contributed by atoms with E-state index in [1.54, 1.807) is 58.0 Å². The number of nitrogens with zero attached hydrogens (tertiary/aromatic N) is 3. The summed E-state index contributed by atoms with van der Waals surface area (Å²) in [6, 6.07) is 5.09. The van der Waals surface area contributed by atoms with E-state index in [1.807, 2.05) is 0 Å². The zero-order chi connectivity index (χ0) is 55.9. The minimum Gasteiger partial charge on any atom is -0.508 e. The lowest BCUT2D eigenvalue weighted by Gasteiger charge is -2.42. The number of carboxylic acids is 2. The number of carbonyl (C=O) groups excluding carboxylic acids is 7. The zero-order valence-corrected chi connectivity index (χ0v) is 43.0. The Balaban J connectivity index is 1.38. The highest BCUT2D eigenvalue weighted by Gasteiger charge is 2.63. The van der Waals surface area contributed by atoms with Gasteiger partial charge in [0.25, 0.3) is 0 Å². The molecule has 412 valence electrons. The third-order valence-corrected chi connectivity index (χ3v) is 13.7.